The van der Waals surface area contributed by atoms with E-state index in [0.29, 0.717) is 18.7 Å². The van der Waals surface area contributed by atoms with Gasteiger partial charge in [0.2, 0.25) is 5.91 Å². The Morgan fingerprint density at radius 1 is 1.37 bits per heavy atom. The number of thioether (sulfide) groups is 1. The lowest BCUT2D eigenvalue weighted by Gasteiger charge is -2.21. The van der Waals surface area contributed by atoms with Crippen LogP contribution in [0.3, 0.4) is 0 Å². The van der Waals surface area contributed by atoms with Crippen LogP contribution in [0.2, 0.25) is 0 Å². The molecule has 0 bridgehead atoms. The van der Waals surface area contributed by atoms with Gasteiger partial charge in [0, 0.05) is 12.2 Å². The monoisotopic (exact) mass is 290 g/mol. The molecule has 1 atom stereocenters. The third-order valence-electron chi connectivity index (χ3n) is 2.29. The summed E-state index contributed by atoms with van der Waals surface area (Å²) in [6.07, 6.45) is 1.28. The van der Waals surface area contributed by atoms with Crippen LogP contribution in [0.15, 0.2) is 0 Å². The number of nitrogens with one attached hydrogen (secondary N) is 1. The highest BCUT2D eigenvalue weighted by atomic mass is 32.2. The number of carbonyl (C=O) groups is 2. The molecule has 0 rings (SSSR count). The van der Waals surface area contributed by atoms with Crippen LogP contribution >= 0.6 is 11.8 Å². The number of hydrogen-bond donors (Lipinski definition) is 2. The van der Waals surface area contributed by atoms with Crippen molar-refractivity contribution >= 4 is 23.6 Å². The van der Waals surface area contributed by atoms with Gasteiger partial charge in [-0.25, -0.2) is 4.79 Å². The molecule has 0 spiro atoms. The van der Waals surface area contributed by atoms with Gasteiger partial charge in [-0.2, -0.15) is 11.8 Å². The summed E-state index contributed by atoms with van der Waals surface area (Å²) >= 11 is 1.59. The van der Waals surface area contributed by atoms with Crippen LogP contribution in [0.5, 0.6) is 0 Å². The van der Waals surface area contributed by atoms with E-state index in [4.69, 9.17) is 10.5 Å². The molecule has 5 nitrogen and oxygen atoms in total. The largest absolute Gasteiger partial charge is 0.467 e. The summed E-state index contributed by atoms with van der Waals surface area (Å²) in [5.41, 5.74) is 5.31. The molecule has 0 aromatic rings. The van der Waals surface area contributed by atoms with Gasteiger partial charge in [-0.05, 0) is 24.1 Å². The molecule has 0 saturated carbocycles. The summed E-state index contributed by atoms with van der Waals surface area (Å²) in [6, 6.07) is -0.581. The molecule has 19 heavy (non-hydrogen) atoms. The van der Waals surface area contributed by atoms with Crippen molar-refractivity contribution in [3.8, 4) is 0 Å². The van der Waals surface area contributed by atoms with Gasteiger partial charge in [-0.1, -0.05) is 20.8 Å². The maximum absolute atomic E-state index is 11.8. The molecule has 112 valence electrons. The van der Waals surface area contributed by atoms with E-state index in [-0.39, 0.29) is 11.3 Å². The predicted molar refractivity (Wildman–Crippen MR) is 79.0 cm³/mol. The molecule has 3 N–H and O–H groups in total. The Hall–Kier alpha value is -0.750. The van der Waals surface area contributed by atoms with Crippen molar-refractivity contribution in [1.82, 2.24) is 5.32 Å². The fraction of sp³-hybridized carbons (Fsp3) is 0.846. The van der Waals surface area contributed by atoms with E-state index >= 15 is 0 Å². The van der Waals surface area contributed by atoms with E-state index in [1.165, 1.54) is 7.11 Å². The van der Waals surface area contributed by atoms with Crippen LogP contribution in [-0.4, -0.2) is 43.1 Å². The first-order chi connectivity index (χ1) is 8.80. The molecule has 0 fully saturated rings. The molecule has 6 heteroatoms. The summed E-state index contributed by atoms with van der Waals surface area (Å²) in [4.78, 5) is 23.4. The Kier molecular flexibility index (Phi) is 8.84. The molecule has 0 heterocycles. The zero-order valence-corrected chi connectivity index (χ0v) is 13.1. The molecule has 0 aliphatic rings. The van der Waals surface area contributed by atoms with Gasteiger partial charge < -0.3 is 15.8 Å². The second-order valence-electron chi connectivity index (χ2n) is 5.60. The van der Waals surface area contributed by atoms with Crippen molar-refractivity contribution in [3.63, 3.8) is 0 Å². The average molecular weight is 290 g/mol. The van der Waals surface area contributed by atoms with Gasteiger partial charge in [0.15, 0.2) is 0 Å². The number of esters is 1. The average Bonchev–Trinajstić information content (AvgIpc) is 2.29. The minimum atomic E-state index is -0.581. The quantitative estimate of drug-likeness (QED) is 0.518. The highest BCUT2D eigenvalue weighted by Crippen LogP contribution is 2.18. The van der Waals surface area contributed by atoms with Crippen LogP contribution in [0.1, 0.15) is 33.6 Å². The van der Waals surface area contributed by atoms with Crippen LogP contribution in [0.25, 0.3) is 0 Å². The van der Waals surface area contributed by atoms with Gasteiger partial charge in [0.25, 0.3) is 0 Å². The van der Waals surface area contributed by atoms with Crippen LogP contribution in [-0.2, 0) is 14.3 Å². The van der Waals surface area contributed by atoms with E-state index in [2.05, 4.69) is 5.32 Å². The minimum absolute atomic E-state index is 0.0998. The van der Waals surface area contributed by atoms with Crippen molar-refractivity contribution in [2.45, 2.75) is 39.7 Å². The van der Waals surface area contributed by atoms with E-state index in [1.54, 1.807) is 11.8 Å². The second kappa shape index (κ2) is 9.20. The number of methoxy groups -OCH3 is 1. The third-order valence-corrected chi connectivity index (χ3v) is 3.44. The van der Waals surface area contributed by atoms with Gasteiger partial charge in [-0.15, -0.1) is 0 Å². The lowest BCUT2D eigenvalue weighted by atomic mass is 9.92. The lowest BCUT2D eigenvalue weighted by Crippen LogP contribution is -2.44. The summed E-state index contributed by atoms with van der Waals surface area (Å²) in [6.45, 7) is 6.58. The summed E-state index contributed by atoms with van der Waals surface area (Å²) in [5, 5.41) is 2.74. The molecule has 0 aromatic carbocycles. The van der Waals surface area contributed by atoms with Crippen molar-refractivity contribution in [3.05, 3.63) is 0 Å². The smallest absolute Gasteiger partial charge is 0.329 e. The molecule has 1 amide bonds. The van der Waals surface area contributed by atoms with E-state index in [1.807, 2.05) is 20.8 Å². The van der Waals surface area contributed by atoms with Crippen molar-refractivity contribution in [2.75, 3.05) is 25.2 Å². The van der Waals surface area contributed by atoms with Crippen molar-refractivity contribution < 1.29 is 14.3 Å². The highest BCUT2D eigenvalue weighted by molar-refractivity contribution is 7.99. The lowest BCUT2D eigenvalue weighted by molar-refractivity contribution is -0.144. The Bertz CT molecular complexity index is 290. The number of amides is 1. The Balaban J connectivity index is 4.27. The fourth-order valence-corrected chi connectivity index (χ4v) is 2.42. The number of nitrogens with two attached hydrogens (primary N) is 1. The van der Waals surface area contributed by atoms with Crippen LogP contribution < -0.4 is 11.1 Å². The Labute approximate surface area is 120 Å². The summed E-state index contributed by atoms with van der Waals surface area (Å²) in [7, 11) is 1.33. The first-order valence-corrected chi connectivity index (χ1v) is 7.60. The van der Waals surface area contributed by atoms with E-state index in [0.717, 1.165) is 12.2 Å². The molecule has 0 aliphatic carbocycles. The van der Waals surface area contributed by atoms with Crippen LogP contribution in [0.4, 0.5) is 0 Å². The number of carbonyl (C=O) groups excluding carboxylic acids is 2. The van der Waals surface area contributed by atoms with Crippen molar-refractivity contribution in [1.29, 1.82) is 0 Å². The van der Waals surface area contributed by atoms with Gasteiger partial charge in [0.1, 0.15) is 6.04 Å². The van der Waals surface area contributed by atoms with Gasteiger partial charge in [0.05, 0.1) is 7.11 Å². The molecule has 0 aromatic heterocycles. The summed E-state index contributed by atoms with van der Waals surface area (Å²) in [5.74, 6) is 0.867. The molecule has 0 aliphatic heterocycles. The highest BCUT2D eigenvalue weighted by Gasteiger charge is 2.24. The topological polar surface area (TPSA) is 81.4 Å². The standard InChI is InChI=1S/C13H26N2O3S/c1-13(2,3)8-11(16)15-10(12(17)18-4)9-19-7-5-6-14/h10H,5-9,14H2,1-4H3,(H,15,16). The van der Waals surface area contributed by atoms with Crippen molar-refractivity contribution in [2.24, 2.45) is 11.1 Å². The maximum atomic E-state index is 11.8. The minimum Gasteiger partial charge on any atom is -0.467 e. The molecule has 1 unspecified atom stereocenters. The third kappa shape index (κ3) is 9.78. The molecular weight excluding hydrogens is 264 g/mol. The first kappa shape index (κ1) is 18.2. The Morgan fingerprint density at radius 3 is 2.47 bits per heavy atom. The van der Waals surface area contributed by atoms with E-state index < -0.39 is 12.0 Å². The molecular formula is C13H26N2O3S. The number of rotatable bonds is 8. The SMILES string of the molecule is COC(=O)C(CSCCCN)NC(=O)CC(C)(C)C. The second-order valence-corrected chi connectivity index (χ2v) is 6.75. The first-order valence-electron chi connectivity index (χ1n) is 6.45. The zero-order chi connectivity index (χ0) is 14.9. The van der Waals surface area contributed by atoms with Gasteiger partial charge >= 0.3 is 5.97 Å². The fourth-order valence-electron chi connectivity index (χ4n) is 1.42. The zero-order valence-electron chi connectivity index (χ0n) is 12.3. The maximum Gasteiger partial charge on any atom is 0.329 e. The molecule has 0 saturated heterocycles. The predicted octanol–water partition coefficient (Wildman–Crippen LogP) is 1.16. The molecule has 0 radical (unpaired) electrons. The summed E-state index contributed by atoms with van der Waals surface area (Å²) < 4.78 is 4.71. The van der Waals surface area contributed by atoms with E-state index in [9.17, 15) is 9.59 Å². The van der Waals surface area contributed by atoms with Crippen LogP contribution in [0, 0.1) is 5.41 Å². The van der Waals surface area contributed by atoms with Gasteiger partial charge in [-0.3, -0.25) is 4.79 Å². The Morgan fingerprint density at radius 2 is 2.00 bits per heavy atom. The number of hydrogen-bond acceptors (Lipinski definition) is 5. The number of ether oxygens (including phenoxy) is 1. The normalized spacial score (nSPS) is 12.9.